The van der Waals surface area contributed by atoms with E-state index in [1.807, 2.05) is 19.1 Å². The lowest BCUT2D eigenvalue weighted by molar-refractivity contribution is 0.401. The van der Waals surface area contributed by atoms with Crippen LogP contribution in [0, 0.1) is 11.6 Å². The Balaban J connectivity index is 2.39. The Labute approximate surface area is 128 Å². The molecule has 4 heteroatoms. The summed E-state index contributed by atoms with van der Waals surface area (Å²) in [6.07, 6.45) is 0.913. The van der Waals surface area contributed by atoms with E-state index in [0.717, 1.165) is 12.0 Å². The van der Waals surface area contributed by atoms with Crippen molar-refractivity contribution >= 4 is 11.6 Å². The number of ether oxygens (including phenoxy) is 1. The van der Waals surface area contributed by atoms with Crippen LogP contribution >= 0.6 is 11.6 Å². The van der Waals surface area contributed by atoms with Crippen LogP contribution in [0.2, 0.25) is 0 Å². The summed E-state index contributed by atoms with van der Waals surface area (Å²) in [5.74, 6) is -1.11. The molecule has 0 N–H and O–H groups in total. The smallest absolute Gasteiger partial charge is 0.198 e. The highest BCUT2D eigenvalue weighted by Gasteiger charge is 2.16. The van der Waals surface area contributed by atoms with Crippen LogP contribution in [0.4, 0.5) is 8.78 Å². The number of alkyl halides is 1. The minimum absolute atomic E-state index is 0.0532. The summed E-state index contributed by atoms with van der Waals surface area (Å²) in [5.41, 5.74) is 1.31. The topological polar surface area (TPSA) is 9.23 Å². The van der Waals surface area contributed by atoms with Gasteiger partial charge < -0.3 is 4.74 Å². The first-order chi connectivity index (χ1) is 10.1. The molecule has 0 saturated heterocycles. The minimum Gasteiger partial charge on any atom is -0.451 e. The van der Waals surface area contributed by atoms with E-state index >= 15 is 0 Å². The number of hydrogen-bond acceptors (Lipinski definition) is 1. The zero-order valence-electron chi connectivity index (χ0n) is 12.0. The monoisotopic (exact) mass is 310 g/mol. The molecule has 1 unspecified atom stereocenters. The average molecular weight is 311 g/mol. The van der Waals surface area contributed by atoms with Gasteiger partial charge in [0.05, 0.1) is 0 Å². The molecule has 0 aliphatic heterocycles. The third-order valence-electron chi connectivity index (χ3n) is 3.49. The molecule has 21 heavy (non-hydrogen) atoms. The van der Waals surface area contributed by atoms with Gasteiger partial charge in [0.2, 0.25) is 0 Å². The van der Waals surface area contributed by atoms with E-state index in [1.165, 1.54) is 12.1 Å². The van der Waals surface area contributed by atoms with Crippen LogP contribution in [0.5, 0.6) is 11.5 Å². The van der Waals surface area contributed by atoms with Crippen molar-refractivity contribution in [1.29, 1.82) is 0 Å². The highest BCUT2D eigenvalue weighted by molar-refractivity contribution is 6.17. The standard InChI is InChI=1S/C17H17ClF2O/c1-3-11(2)13-6-4-5-7-16(13)21-17-14(19)8-12(10-18)9-15(17)20/h4-9,11H,3,10H2,1-2H3. The van der Waals surface area contributed by atoms with Gasteiger partial charge in [0.15, 0.2) is 17.4 Å². The number of rotatable bonds is 5. The van der Waals surface area contributed by atoms with Crippen LogP contribution in [0.15, 0.2) is 36.4 Å². The first-order valence-electron chi connectivity index (χ1n) is 6.87. The molecule has 0 aromatic heterocycles. The van der Waals surface area contributed by atoms with Crippen molar-refractivity contribution in [3.63, 3.8) is 0 Å². The molecule has 0 amide bonds. The Morgan fingerprint density at radius 1 is 1.14 bits per heavy atom. The molecule has 0 bridgehead atoms. The van der Waals surface area contributed by atoms with Crippen molar-refractivity contribution in [2.75, 3.05) is 0 Å². The Morgan fingerprint density at radius 2 is 1.76 bits per heavy atom. The molecule has 0 fully saturated rings. The quantitative estimate of drug-likeness (QED) is 0.614. The second-order valence-electron chi connectivity index (χ2n) is 4.97. The van der Waals surface area contributed by atoms with Gasteiger partial charge in [-0.3, -0.25) is 0 Å². The molecule has 0 heterocycles. The molecule has 112 valence electrons. The predicted molar refractivity (Wildman–Crippen MR) is 81.1 cm³/mol. The highest BCUT2D eigenvalue weighted by Crippen LogP contribution is 2.34. The summed E-state index contributed by atoms with van der Waals surface area (Å²) in [6, 6.07) is 9.68. The summed E-state index contributed by atoms with van der Waals surface area (Å²) < 4.78 is 33.4. The van der Waals surface area contributed by atoms with Crippen LogP contribution in [0.3, 0.4) is 0 Å². The van der Waals surface area contributed by atoms with Crippen LogP contribution in [0.1, 0.15) is 37.3 Å². The van der Waals surface area contributed by atoms with Crippen molar-refractivity contribution in [2.24, 2.45) is 0 Å². The van der Waals surface area contributed by atoms with Crippen LogP contribution in [-0.2, 0) is 5.88 Å². The predicted octanol–water partition coefficient (Wildman–Crippen LogP) is 6.01. The normalized spacial score (nSPS) is 12.2. The summed E-state index contributed by atoms with van der Waals surface area (Å²) in [7, 11) is 0. The van der Waals surface area contributed by atoms with Crippen LogP contribution < -0.4 is 4.74 Å². The summed E-state index contributed by atoms with van der Waals surface area (Å²) in [5, 5.41) is 0. The van der Waals surface area contributed by atoms with E-state index in [2.05, 4.69) is 6.92 Å². The van der Waals surface area contributed by atoms with E-state index in [4.69, 9.17) is 16.3 Å². The zero-order valence-corrected chi connectivity index (χ0v) is 12.8. The van der Waals surface area contributed by atoms with Crippen molar-refractivity contribution in [3.05, 3.63) is 59.2 Å². The lowest BCUT2D eigenvalue weighted by Gasteiger charge is -2.16. The Bertz CT molecular complexity index is 605. The van der Waals surface area contributed by atoms with Gasteiger partial charge in [0, 0.05) is 5.88 Å². The maximum Gasteiger partial charge on any atom is 0.198 e. The van der Waals surface area contributed by atoms with Gasteiger partial charge >= 0.3 is 0 Å². The molecular formula is C17H17ClF2O. The van der Waals surface area contributed by atoms with Gasteiger partial charge in [-0.1, -0.05) is 32.0 Å². The lowest BCUT2D eigenvalue weighted by Crippen LogP contribution is -1.99. The van der Waals surface area contributed by atoms with Gasteiger partial charge in [0.25, 0.3) is 0 Å². The SMILES string of the molecule is CCC(C)c1ccccc1Oc1c(F)cc(CCl)cc1F. The zero-order chi connectivity index (χ0) is 15.4. The fourth-order valence-electron chi connectivity index (χ4n) is 2.10. The van der Waals surface area contributed by atoms with Gasteiger partial charge in [-0.05, 0) is 41.7 Å². The molecule has 0 saturated carbocycles. The third-order valence-corrected chi connectivity index (χ3v) is 3.80. The maximum absolute atomic E-state index is 14.0. The molecule has 0 radical (unpaired) electrons. The lowest BCUT2D eigenvalue weighted by atomic mass is 9.98. The van der Waals surface area contributed by atoms with E-state index in [1.54, 1.807) is 12.1 Å². The van der Waals surface area contributed by atoms with Crippen molar-refractivity contribution in [3.8, 4) is 11.5 Å². The van der Waals surface area contributed by atoms with Gasteiger partial charge in [0.1, 0.15) is 5.75 Å². The molecule has 1 atom stereocenters. The molecule has 1 nitrogen and oxygen atoms in total. The van der Waals surface area contributed by atoms with Crippen molar-refractivity contribution in [2.45, 2.75) is 32.1 Å². The number of halogens is 3. The Hall–Kier alpha value is -1.61. The van der Waals surface area contributed by atoms with E-state index in [0.29, 0.717) is 11.3 Å². The van der Waals surface area contributed by atoms with Gasteiger partial charge in [-0.2, -0.15) is 0 Å². The molecule has 0 aliphatic rings. The first-order valence-corrected chi connectivity index (χ1v) is 7.40. The van der Waals surface area contributed by atoms with E-state index in [-0.39, 0.29) is 17.5 Å². The van der Waals surface area contributed by atoms with Gasteiger partial charge in [-0.15, -0.1) is 11.6 Å². The second-order valence-corrected chi connectivity index (χ2v) is 5.24. The first kappa shape index (κ1) is 15.8. The largest absolute Gasteiger partial charge is 0.451 e. The summed E-state index contributed by atoms with van der Waals surface area (Å²) in [6.45, 7) is 4.10. The van der Waals surface area contributed by atoms with Crippen molar-refractivity contribution < 1.29 is 13.5 Å². The fraction of sp³-hybridized carbons (Fsp3) is 0.294. The molecule has 2 aromatic rings. The summed E-state index contributed by atoms with van der Waals surface area (Å²) in [4.78, 5) is 0. The molecule has 0 aliphatic carbocycles. The van der Waals surface area contributed by atoms with E-state index in [9.17, 15) is 8.78 Å². The average Bonchev–Trinajstić information content (AvgIpc) is 2.50. The second kappa shape index (κ2) is 6.90. The Kier molecular flexibility index (Phi) is 5.18. The maximum atomic E-state index is 14.0. The minimum atomic E-state index is -0.746. The molecule has 2 rings (SSSR count). The third kappa shape index (κ3) is 3.53. The number of para-hydroxylation sites is 1. The fourth-order valence-corrected chi connectivity index (χ4v) is 2.25. The summed E-state index contributed by atoms with van der Waals surface area (Å²) >= 11 is 5.59. The number of hydrogen-bond donors (Lipinski definition) is 0. The van der Waals surface area contributed by atoms with Crippen LogP contribution in [0.25, 0.3) is 0 Å². The molecular weight excluding hydrogens is 294 g/mol. The molecule has 0 spiro atoms. The number of benzene rings is 2. The highest BCUT2D eigenvalue weighted by atomic mass is 35.5. The Morgan fingerprint density at radius 3 is 2.33 bits per heavy atom. The van der Waals surface area contributed by atoms with E-state index < -0.39 is 11.6 Å². The molecule has 2 aromatic carbocycles. The van der Waals surface area contributed by atoms with Crippen LogP contribution in [-0.4, -0.2) is 0 Å². The van der Waals surface area contributed by atoms with Crippen molar-refractivity contribution in [1.82, 2.24) is 0 Å². The van der Waals surface area contributed by atoms with Gasteiger partial charge in [-0.25, -0.2) is 8.78 Å².